The van der Waals surface area contributed by atoms with Crippen molar-refractivity contribution in [3.63, 3.8) is 0 Å². The van der Waals surface area contributed by atoms with Crippen molar-refractivity contribution in [3.05, 3.63) is 0 Å². The zero-order chi connectivity index (χ0) is 14.0. The molecule has 1 amide bonds. The van der Waals surface area contributed by atoms with Gasteiger partial charge in [-0.15, -0.1) is 0 Å². The minimum Gasteiger partial charge on any atom is -0.381 e. The van der Waals surface area contributed by atoms with Gasteiger partial charge in [0.2, 0.25) is 0 Å². The molecule has 2 N–H and O–H groups in total. The Morgan fingerprint density at radius 1 is 1.39 bits per heavy atom. The van der Waals surface area contributed by atoms with E-state index in [1.54, 1.807) is 0 Å². The van der Waals surface area contributed by atoms with Gasteiger partial charge in [-0.05, 0) is 51.6 Å². The molecule has 1 fully saturated rings. The van der Waals surface area contributed by atoms with Gasteiger partial charge in [0.15, 0.2) is 0 Å². The smallest absolute Gasteiger partial charge is 0.251 e. The Morgan fingerprint density at radius 3 is 2.50 bits per heavy atom. The van der Waals surface area contributed by atoms with Gasteiger partial charge < -0.3 is 15.3 Å². The summed E-state index contributed by atoms with van der Waals surface area (Å²) >= 11 is 0. The summed E-state index contributed by atoms with van der Waals surface area (Å²) in [5, 5.41) is 12.5. The molecule has 1 rings (SSSR count). The minimum absolute atomic E-state index is 0.0651. The fourth-order valence-electron chi connectivity index (χ4n) is 2.47. The summed E-state index contributed by atoms with van der Waals surface area (Å²) in [5.41, 5.74) is -1.23. The molecule has 0 saturated carbocycles. The normalized spacial score (nSPS) is 22.9. The van der Waals surface area contributed by atoms with Crippen LogP contribution in [0.5, 0.6) is 0 Å². The van der Waals surface area contributed by atoms with E-state index >= 15 is 0 Å². The SMILES string of the molecule is CN1CCCC(C(C)(C)CNC(=O)C(C)(C)O)C1. The molecule has 1 heterocycles. The molecule has 0 aromatic rings. The minimum atomic E-state index is -1.29. The van der Waals surface area contributed by atoms with E-state index in [9.17, 15) is 9.90 Å². The van der Waals surface area contributed by atoms with E-state index in [-0.39, 0.29) is 11.3 Å². The number of amides is 1. The van der Waals surface area contributed by atoms with Crippen molar-refractivity contribution in [1.29, 1.82) is 0 Å². The maximum absolute atomic E-state index is 11.7. The Hall–Kier alpha value is -0.610. The molecule has 106 valence electrons. The summed E-state index contributed by atoms with van der Waals surface area (Å²) in [6.07, 6.45) is 2.44. The first kappa shape index (κ1) is 15.4. The van der Waals surface area contributed by atoms with E-state index in [0.29, 0.717) is 12.5 Å². The maximum atomic E-state index is 11.7. The van der Waals surface area contributed by atoms with E-state index in [1.807, 2.05) is 0 Å². The highest BCUT2D eigenvalue weighted by atomic mass is 16.3. The second-order valence-corrected chi connectivity index (χ2v) is 6.83. The van der Waals surface area contributed by atoms with Crippen LogP contribution in [0.4, 0.5) is 0 Å². The predicted molar refractivity (Wildman–Crippen MR) is 73.3 cm³/mol. The van der Waals surface area contributed by atoms with Crippen LogP contribution in [-0.4, -0.2) is 48.2 Å². The molecule has 0 aliphatic carbocycles. The molecule has 1 unspecified atom stereocenters. The fraction of sp³-hybridized carbons (Fsp3) is 0.929. The Morgan fingerprint density at radius 2 is 2.00 bits per heavy atom. The lowest BCUT2D eigenvalue weighted by atomic mass is 9.74. The third-order valence-corrected chi connectivity index (χ3v) is 3.99. The van der Waals surface area contributed by atoms with Crippen LogP contribution in [-0.2, 0) is 4.79 Å². The molecule has 1 aliphatic heterocycles. The number of piperidine rings is 1. The number of likely N-dealkylation sites (tertiary alicyclic amines) is 1. The highest BCUT2D eigenvalue weighted by Crippen LogP contribution is 2.33. The van der Waals surface area contributed by atoms with Crippen molar-refractivity contribution in [1.82, 2.24) is 10.2 Å². The first-order valence-electron chi connectivity index (χ1n) is 6.82. The first-order chi connectivity index (χ1) is 8.13. The lowest BCUT2D eigenvalue weighted by Crippen LogP contribution is -2.49. The van der Waals surface area contributed by atoms with Gasteiger partial charge in [0.1, 0.15) is 5.60 Å². The first-order valence-corrected chi connectivity index (χ1v) is 6.82. The van der Waals surface area contributed by atoms with Crippen LogP contribution in [0, 0.1) is 11.3 Å². The van der Waals surface area contributed by atoms with E-state index < -0.39 is 5.60 Å². The van der Waals surface area contributed by atoms with Crippen LogP contribution in [0.3, 0.4) is 0 Å². The van der Waals surface area contributed by atoms with Crippen molar-refractivity contribution in [2.45, 2.75) is 46.1 Å². The Kier molecular flexibility index (Phi) is 4.78. The summed E-state index contributed by atoms with van der Waals surface area (Å²) < 4.78 is 0. The number of hydrogen-bond acceptors (Lipinski definition) is 3. The molecular formula is C14H28N2O2. The van der Waals surface area contributed by atoms with Crippen LogP contribution in [0.2, 0.25) is 0 Å². The molecular weight excluding hydrogens is 228 g/mol. The Labute approximate surface area is 111 Å². The summed E-state index contributed by atoms with van der Waals surface area (Å²) in [6.45, 7) is 10.3. The van der Waals surface area contributed by atoms with Crippen LogP contribution >= 0.6 is 0 Å². The monoisotopic (exact) mass is 256 g/mol. The highest BCUT2D eigenvalue weighted by molar-refractivity contribution is 5.83. The molecule has 1 aliphatic rings. The van der Waals surface area contributed by atoms with Crippen molar-refractivity contribution >= 4 is 5.91 Å². The highest BCUT2D eigenvalue weighted by Gasteiger charge is 2.34. The van der Waals surface area contributed by atoms with Gasteiger partial charge in [-0.1, -0.05) is 13.8 Å². The van der Waals surface area contributed by atoms with E-state index in [0.717, 1.165) is 6.54 Å². The number of carbonyl (C=O) groups excluding carboxylic acids is 1. The number of hydrogen-bond donors (Lipinski definition) is 2. The van der Waals surface area contributed by atoms with Gasteiger partial charge in [0.25, 0.3) is 5.91 Å². The molecule has 0 aromatic heterocycles. The third-order valence-electron chi connectivity index (χ3n) is 3.99. The summed E-state index contributed by atoms with van der Waals surface area (Å²) in [7, 11) is 2.15. The molecule has 0 radical (unpaired) electrons. The number of aliphatic hydroxyl groups is 1. The van der Waals surface area contributed by atoms with Crippen LogP contribution < -0.4 is 5.32 Å². The molecule has 0 spiro atoms. The maximum Gasteiger partial charge on any atom is 0.251 e. The lowest BCUT2D eigenvalue weighted by molar-refractivity contribution is -0.137. The molecule has 4 heteroatoms. The molecule has 1 saturated heterocycles. The molecule has 0 bridgehead atoms. The molecule has 1 atom stereocenters. The lowest BCUT2D eigenvalue weighted by Gasteiger charge is -2.40. The predicted octanol–water partition coefficient (Wildman–Crippen LogP) is 1.24. The average Bonchev–Trinajstić information content (AvgIpc) is 2.24. The number of nitrogens with one attached hydrogen (secondary N) is 1. The van der Waals surface area contributed by atoms with Crippen molar-refractivity contribution in [2.75, 3.05) is 26.7 Å². The zero-order valence-electron chi connectivity index (χ0n) is 12.4. The molecule has 18 heavy (non-hydrogen) atoms. The van der Waals surface area contributed by atoms with Crippen molar-refractivity contribution in [2.24, 2.45) is 11.3 Å². The average molecular weight is 256 g/mol. The van der Waals surface area contributed by atoms with Crippen LogP contribution in [0.1, 0.15) is 40.5 Å². The molecule has 0 aromatic carbocycles. The van der Waals surface area contributed by atoms with Crippen molar-refractivity contribution in [3.8, 4) is 0 Å². The van der Waals surface area contributed by atoms with Gasteiger partial charge in [-0.3, -0.25) is 4.79 Å². The van der Waals surface area contributed by atoms with E-state index in [2.05, 4.69) is 31.1 Å². The van der Waals surface area contributed by atoms with Gasteiger partial charge >= 0.3 is 0 Å². The van der Waals surface area contributed by atoms with Crippen molar-refractivity contribution < 1.29 is 9.90 Å². The standard InChI is InChI=1S/C14H28N2O2/c1-13(2,10-15-12(17)14(3,4)18)11-7-6-8-16(5)9-11/h11,18H,6-10H2,1-5H3,(H,15,17). The Bertz CT molecular complexity index is 295. The van der Waals surface area contributed by atoms with Gasteiger partial charge in [0.05, 0.1) is 0 Å². The number of rotatable bonds is 4. The summed E-state index contributed by atoms with van der Waals surface area (Å²) in [6, 6.07) is 0. The number of nitrogens with zero attached hydrogens (tertiary/aromatic N) is 1. The van der Waals surface area contributed by atoms with Gasteiger partial charge in [0, 0.05) is 13.1 Å². The van der Waals surface area contributed by atoms with E-state index in [4.69, 9.17) is 0 Å². The van der Waals surface area contributed by atoms with Gasteiger partial charge in [-0.2, -0.15) is 0 Å². The van der Waals surface area contributed by atoms with E-state index in [1.165, 1.54) is 33.2 Å². The second kappa shape index (κ2) is 5.57. The summed E-state index contributed by atoms with van der Waals surface area (Å²) in [5.74, 6) is 0.304. The third kappa shape index (κ3) is 4.25. The topological polar surface area (TPSA) is 52.6 Å². The van der Waals surface area contributed by atoms with Gasteiger partial charge in [-0.25, -0.2) is 0 Å². The van der Waals surface area contributed by atoms with Crippen LogP contribution in [0.15, 0.2) is 0 Å². The second-order valence-electron chi connectivity index (χ2n) is 6.83. The quantitative estimate of drug-likeness (QED) is 0.796. The zero-order valence-corrected chi connectivity index (χ0v) is 12.4. The van der Waals surface area contributed by atoms with Crippen LogP contribution in [0.25, 0.3) is 0 Å². The Balaban J connectivity index is 2.51. The fourth-order valence-corrected chi connectivity index (χ4v) is 2.47. The summed E-state index contributed by atoms with van der Waals surface area (Å²) in [4.78, 5) is 14.0. The largest absolute Gasteiger partial charge is 0.381 e. The number of carbonyl (C=O) groups is 1. The molecule has 4 nitrogen and oxygen atoms in total.